The Morgan fingerprint density at radius 1 is 1.15 bits per heavy atom. The molecule has 26 heavy (non-hydrogen) atoms. The van der Waals surface area contributed by atoms with E-state index in [0.717, 1.165) is 39.5 Å². The smallest absolute Gasteiger partial charge is 0.293 e. The number of amides is 2. The molecule has 134 valence electrons. The van der Waals surface area contributed by atoms with Crippen molar-refractivity contribution in [2.45, 2.75) is 19.9 Å². The maximum Gasteiger partial charge on any atom is 0.293 e. The number of thioether (sulfide) groups is 1. The van der Waals surface area contributed by atoms with Gasteiger partial charge in [-0.3, -0.25) is 14.5 Å². The molecule has 6 heteroatoms. The number of benzene rings is 2. The Labute approximate surface area is 165 Å². The highest BCUT2D eigenvalue weighted by molar-refractivity contribution is 9.10. The third-order valence-corrected chi connectivity index (χ3v) is 5.30. The Hall–Kier alpha value is -2.05. The third-order valence-electron chi connectivity index (χ3n) is 3.77. The average Bonchev–Trinajstić information content (AvgIpc) is 2.89. The van der Waals surface area contributed by atoms with Crippen molar-refractivity contribution in [3.63, 3.8) is 0 Å². The summed E-state index contributed by atoms with van der Waals surface area (Å²) in [6.07, 6.45) is 2.67. The van der Waals surface area contributed by atoms with Crippen molar-refractivity contribution in [2.75, 3.05) is 6.61 Å². The van der Waals surface area contributed by atoms with Crippen LogP contribution in [0, 0.1) is 0 Å². The van der Waals surface area contributed by atoms with Gasteiger partial charge in [-0.05, 0) is 63.4 Å². The van der Waals surface area contributed by atoms with Crippen LogP contribution in [0.15, 0.2) is 57.9 Å². The van der Waals surface area contributed by atoms with Crippen molar-refractivity contribution in [2.24, 2.45) is 0 Å². The Morgan fingerprint density at radius 2 is 1.92 bits per heavy atom. The molecule has 2 aromatic rings. The lowest BCUT2D eigenvalue weighted by Gasteiger charge is -2.12. The van der Waals surface area contributed by atoms with Crippen molar-refractivity contribution in [1.29, 1.82) is 0 Å². The number of rotatable bonds is 6. The molecular formula is C20H18BrNO3S. The van der Waals surface area contributed by atoms with Crippen LogP contribution in [0.2, 0.25) is 0 Å². The SMILES string of the molecule is CCCOc1ccc(/C=C2\SC(=O)N(Cc3ccccc3)C2=O)cc1Br. The van der Waals surface area contributed by atoms with E-state index >= 15 is 0 Å². The molecule has 0 N–H and O–H groups in total. The molecule has 1 aliphatic rings. The van der Waals surface area contributed by atoms with Gasteiger partial charge in [-0.15, -0.1) is 0 Å². The standard InChI is InChI=1S/C20H18BrNO3S/c1-2-10-25-17-9-8-15(11-16(17)21)12-18-19(23)22(20(24)26-18)13-14-6-4-3-5-7-14/h3-9,11-12H,2,10,13H2,1H3/b18-12-. The van der Waals surface area contributed by atoms with E-state index in [4.69, 9.17) is 4.74 Å². The van der Waals surface area contributed by atoms with E-state index in [-0.39, 0.29) is 17.7 Å². The third kappa shape index (κ3) is 4.37. The topological polar surface area (TPSA) is 46.6 Å². The van der Waals surface area contributed by atoms with E-state index in [2.05, 4.69) is 15.9 Å². The summed E-state index contributed by atoms with van der Waals surface area (Å²) >= 11 is 4.46. The monoisotopic (exact) mass is 431 g/mol. The van der Waals surface area contributed by atoms with E-state index in [0.29, 0.717) is 11.5 Å². The summed E-state index contributed by atoms with van der Waals surface area (Å²) in [7, 11) is 0. The first-order valence-electron chi connectivity index (χ1n) is 8.30. The zero-order valence-electron chi connectivity index (χ0n) is 14.3. The number of ether oxygens (including phenoxy) is 1. The van der Waals surface area contributed by atoms with Crippen LogP contribution < -0.4 is 4.74 Å². The van der Waals surface area contributed by atoms with Gasteiger partial charge in [0, 0.05) is 0 Å². The number of halogens is 1. The molecule has 1 saturated heterocycles. The van der Waals surface area contributed by atoms with Gasteiger partial charge < -0.3 is 4.74 Å². The minimum atomic E-state index is -0.258. The fourth-order valence-corrected chi connectivity index (χ4v) is 3.84. The lowest BCUT2D eigenvalue weighted by molar-refractivity contribution is -0.123. The van der Waals surface area contributed by atoms with Crippen LogP contribution >= 0.6 is 27.7 Å². The first-order chi connectivity index (χ1) is 12.6. The summed E-state index contributed by atoms with van der Waals surface area (Å²) in [5.41, 5.74) is 1.77. The number of hydrogen-bond acceptors (Lipinski definition) is 4. The molecular weight excluding hydrogens is 414 g/mol. The molecule has 1 fully saturated rings. The van der Waals surface area contributed by atoms with Crippen LogP contribution in [0.1, 0.15) is 24.5 Å². The van der Waals surface area contributed by atoms with Gasteiger partial charge in [-0.2, -0.15) is 0 Å². The summed E-state index contributed by atoms with van der Waals surface area (Å²) in [4.78, 5) is 26.5. The largest absolute Gasteiger partial charge is 0.492 e. The van der Waals surface area contributed by atoms with Gasteiger partial charge in [-0.25, -0.2) is 0 Å². The quantitative estimate of drug-likeness (QED) is 0.568. The zero-order valence-corrected chi connectivity index (χ0v) is 16.7. The second-order valence-electron chi connectivity index (χ2n) is 5.79. The zero-order chi connectivity index (χ0) is 18.5. The number of hydrogen-bond donors (Lipinski definition) is 0. The number of nitrogens with zero attached hydrogens (tertiary/aromatic N) is 1. The predicted molar refractivity (Wildman–Crippen MR) is 108 cm³/mol. The highest BCUT2D eigenvalue weighted by atomic mass is 79.9. The summed E-state index contributed by atoms with van der Waals surface area (Å²) in [5.74, 6) is 0.507. The van der Waals surface area contributed by atoms with Crippen molar-refractivity contribution in [3.8, 4) is 5.75 Å². The van der Waals surface area contributed by atoms with Gasteiger partial charge in [0.05, 0.1) is 22.5 Å². The minimum Gasteiger partial charge on any atom is -0.492 e. The Balaban J connectivity index is 1.76. The fourth-order valence-electron chi connectivity index (χ4n) is 2.49. The summed E-state index contributed by atoms with van der Waals surface area (Å²) in [5, 5.41) is -0.243. The molecule has 2 aromatic carbocycles. The Morgan fingerprint density at radius 3 is 2.62 bits per heavy atom. The van der Waals surface area contributed by atoms with Gasteiger partial charge in [0.25, 0.3) is 11.1 Å². The second-order valence-corrected chi connectivity index (χ2v) is 7.64. The lowest BCUT2D eigenvalue weighted by atomic mass is 10.2. The minimum absolute atomic E-state index is 0.243. The number of carbonyl (C=O) groups is 2. The molecule has 2 amide bonds. The lowest BCUT2D eigenvalue weighted by Crippen LogP contribution is -2.27. The Bertz CT molecular complexity index is 851. The summed E-state index contributed by atoms with van der Waals surface area (Å²) < 4.78 is 6.45. The van der Waals surface area contributed by atoms with E-state index in [1.165, 1.54) is 4.90 Å². The molecule has 0 atom stereocenters. The summed E-state index contributed by atoms with van der Waals surface area (Å²) in [6, 6.07) is 15.1. The molecule has 0 aromatic heterocycles. The van der Waals surface area contributed by atoms with E-state index in [1.807, 2.05) is 55.5 Å². The molecule has 3 rings (SSSR count). The first kappa shape index (κ1) is 18.7. The van der Waals surface area contributed by atoms with Crippen molar-refractivity contribution in [1.82, 2.24) is 4.90 Å². The molecule has 0 radical (unpaired) electrons. The van der Waals surface area contributed by atoms with Crippen LogP contribution in [0.25, 0.3) is 6.08 Å². The maximum absolute atomic E-state index is 12.6. The highest BCUT2D eigenvalue weighted by Gasteiger charge is 2.34. The van der Waals surface area contributed by atoms with E-state index < -0.39 is 0 Å². The summed E-state index contributed by atoms with van der Waals surface area (Å²) in [6.45, 7) is 2.99. The molecule has 0 unspecified atom stereocenters. The fraction of sp³-hybridized carbons (Fsp3) is 0.200. The van der Waals surface area contributed by atoms with Crippen LogP contribution in [0.3, 0.4) is 0 Å². The predicted octanol–water partition coefficient (Wildman–Crippen LogP) is 5.47. The van der Waals surface area contributed by atoms with Gasteiger partial charge in [-0.1, -0.05) is 43.3 Å². The molecule has 4 nitrogen and oxygen atoms in total. The van der Waals surface area contributed by atoms with Crippen LogP contribution in [0.4, 0.5) is 4.79 Å². The van der Waals surface area contributed by atoms with Gasteiger partial charge in [0.1, 0.15) is 5.75 Å². The maximum atomic E-state index is 12.6. The number of carbonyl (C=O) groups excluding carboxylic acids is 2. The van der Waals surface area contributed by atoms with Gasteiger partial charge in [0.2, 0.25) is 0 Å². The van der Waals surface area contributed by atoms with Gasteiger partial charge in [0.15, 0.2) is 0 Å². The van der Waals surface area contributed by atoms with Crippen LogP contribution in [-0.4, -0.2) is 22.7 Å². The molecule has 0 bridgehead atoms. The molecule has 0 aliphatic carbocycles. The first-order valence-corrected chi connectivity index (χ1v) is 9.91. The average molecular weight is 432 g/mol. The molecule has 1 heterocycles. The number of imide groups is 1. The van der Waals surface area contributed by atoms with E-state index in [9.17, 15) is 9.59 Å². The Kier molecular flexibility index (Phi) is 6.16. The molecule has 0 spiro atoms. The van der Waals surface area contributed by atoms with Crippen LogP contribution in [0.5, 0.6) is 5.75 Å². The normalized spacial score (nSPS) is 15.8. The van der Waals surface area contributed by atoms with E-state index in [1.54, 1.807) is 6.08 Å². The second kappa shape index (κ2) is 8.56. The van der Waals surface area contributed by atoms with Crippen molar-refractivity contribution >= 4 is 44.9 Å². The molecule has 1 aliphatic heterocycles. The van der Waals surface area contributed by atoms with Crippen molar-refractivity contribution < 1.29 is 14.3 Å². The van der Waals surface area contributed by atoms with Crippen molar-refractivity contribution in [3.05, 3.63) is 69.0 Å². The molecule has 0 saturated carbocycles. The van der Waals surface area contributed by atoms with Crippen LogP contribution in [-0.2, 0) is 11.3 Å². The highest BCUT2D eigenvalue weighted by Crippen LogP contribution is 2.34. The van der Waals surface area contributed by atoms with Gasteiger partial charge >= 0.3 is 0 Å².